The Morgan fingerprint density at radius 2 is 1.72 bits per heavy atom. The minimum absolute atomic E-state index is 0.160. The summed E-state index contributed by atoms with van der Waals surface area (Å²) in [5.74, 6) is -3.28. The second kappa shape index (κ2) is 9.70. The maximum atomic E-state index is 14.3. The van der Waals surface area contributed by atoms with E-state index in [1.807, 2.05) is 18.7 Å². The fraction of sp³-hybridized carbons (Fsp3) is 0.346. The van der Waals surface area contributed by atoms with E-state index in [0.29, 0.717) is 55.7 Å². The quantitative estimate of drug-likeness (QED) is 0.332. The number of benzene rings is 2. The monoisotopic (exact) mass is 560 g/mol. The highest BCUT2D eigenvalue weighted by Crippen LogP contribution is 2.34. The van der Waals surface area contributed by atoms with E-state index in [1.165, 1.54) is 6.20 Å². The minimum atomic E-state index is -3.85. The van der Waals surface area contributed by atoms with Crippen LogP contribution in [-0.2, 0) is 35.1 Å². The average Bonchev–Trinajstić information content (AvgIpc) is 3.51. The summed E-state index contributed by atoms with van der Waals surface area (Å²) in [4.78, 5) is 2.09. The van der Waals surface area contributed by atoms with Crippen LogP contribution in [0, 0.1) is 24.4 Å². The van der Waals surface area contributed by atoms with Crippen LogP contribution in [0.3, 0.4) is 0 Å². The molecule has 13 heteroatoms. The molecule has 0 atom stereocenters. The Hall–Kier alpha value is -3.87. The van der Waals surface area contributed by atoms with Crippen molar-refractivity contribution in [2.24, 2.45) is 0 Å². The van der Waals surface area contributed by atoms with Crippen molar-refractivity contribution in [1.29, 1.82) is 0 Å². The van der Waals surface area contributed by atoms with E-state index in [-0.39, 0.29) is 4.90 Å². The van der Waals surface area contributed by atoms with Crippen LogP contribution in [0.2, 0.25) is 0 Å². The van der Waals surface area contributed by atoms with Gasteiger partial charge in [0, 0.05) is 43.8 Å². The van der Waals surface area contributed by atoms with Gasteiger partial charge >= 0.3 is 0 Å². The summed E-state index contributed by atoms with van der Waals surface area (Å²) >= 11 is 0. The Morgan fingerprint density at radius 1 is 1.05 bits per heavy atom. The third-order valence-corrected chi connectivity index (χ3v) is 8.27. The molecule has 0 amide bonds. The van der Waals surface area contributed by atoms with Crippen LogP contribution in [0.5, 0.6) is 5.75 Å². The molecule has 0 radical (unpaired) electrons. The highest BCUT2D eigenvalue weighted by molar-refractivity contribution is 7.89. The number of hydrogen-bond acceptors (Lipinski definition) is 7. The lowest BCUT2D eigenvalue weighted by molar-refractivity contribution is 0.0824. The normalized spacial score (nSPS) is 14.0. The van der Waals surface area contributed by atoms with Gasteiger partial charge in [0.05, 0.1) is 16.8 Å². The molecule has 206 valence electrons. The van der Waals surface area contributed by atoms with Gasteiger partial charge < -0.3 is 9.64 Å². The maximum absolute atomic E-state index is 14.3. The van der Waals surface area contributed by atoms with Gasteiger partial charge in [0.1, 0.15) is 5.82 Å². The van der Waals surface area contributed by atoms with Crippen molar-refractivity contribution in [3.63, 3.8) is 0 Å². The van der Waals surface area contributed by atoms with E-state index in [2.05, 4.69) is 15.3 Å². The van der Waals surface area contributed by atoms with Crippen molar-refractivity contribution in [2.75, 3.05) is 11.4 Å². The Labute approximate surface area is 223 Å². The van der Waals surface area contributed by atoms with Crippen LogP contribution < -0.4 is 9.64 Å². The third kappa shape index (κ3) is 4.75. The molecule has 0 saturated heterocycles. The first-order valence-corrected chi connectivity index (χ1v) is 13.8. The average molecular weight is 561 g/mol. The minimum Gasteiger partial charge on any atom is -0.474 e. The van der Waals surface area contributed by atoms with Crippen molar-refractivity contribution >= 4 is 16.0 Å². The number of fused-ring (bicyclic) bond motifs is 1. The van der Waals surface area contributed by atoms with Gasteiger partial charge in [-0.3, -0.25) is 4.57 Å². The fourth-order valence-electron chi connectivity index (χ4n) is 4.68. The molecule has 0 N–H and O–H groups in total. The van der Waals surface area contributed by atoms with Gasteiger partial charge in [-0.1, -0.05) is 17.7 Å². The molecule has 1 aliphatic rings. The molecule has 5 rings (SSSR count). The molecule has 0 unspecified atom stereocenters. The highest BCUT2D eigenvalue weighted by Gasteiger charge is 2.35. The molecule has 0 bridgehead atoms. The van der Waals surface area contributed by atoms with Gasteiger partial charge in [-0.05, 0) is 39.8 Å². The Morgan fingerprint density at radius 3 is 2.36 bits per heavy atom. The molecule has 0 aliphatic carbocycles. The molecule has 2 aromatic heterocycles. The summed E-state index contributed by atoms with van der Waals surface area (Å²) < 4.78 is 76.9. The maximum Gasteiger partial charge on any atom is 0.283 e. The van der Waals surface area contributed by atoms with E-state index in [9.17, 15) is 21.6 Å². The lowest BCUT2D eigenvalue weighted by atomic mass is 10.1. The number of halogens is 3. The van der Waals surface area contributed by atoms with Crippen molar-refractivity contribution in [1.82, 2.24) is 24.0 Å². The second-order valence-electron chi connectivity index (χ2n) is 9.83. The fourth-order valence-corrected chi connectivity index (χ4v) is 6.03. The smallest absolute Gasteiger partial charge is 0.283 e. The number of aryl methyl sites for hydroxylation is 1. The van der Waals surface area contributed by atoms with E-state index in [0.717, 1.165) is 15.2 Å². The molecule has 0 saturated carbocycles. The highest BCUT2D eigenvalue weighted by atomic mass is 32.2. The van der Waals surface area contributed by atoms with Crippen LogP contribution in [0.4, 0.5) is 19.1 Å². The third-order valence-electron chi connectivity index (χ3n) is 6.64. The predicted octanol–water partition coefficient (Wildman–Crippen LogP) is 4.33. The summed E-state index contributed by atoms with van der Waals surface area (Å²) in [6.45, 7) is 8.11. The standard InChI is InChI=1S/C26H27F3N6O3S/c1-5-34-24(26(3,4)38-23-20(28)12-18(27)13-21(23)29)31-32-25(34)33-11-10-22-17(15-33)14-30-35(22)39(36,37)19-8-6-16(2)7-9-19/h6-9,12-14H,5,10-11,15H2,1-4H3. The van der Waals surface area contributed by atoms with E-state index >= 15 is 0 Å². The van der Waals surface area contributed by atoms with Crippen molar-refractivity contribution < 1.29 is 26.3 Å². The molecule has 9 nitrogen and oxygen atoms in total. The Bertz CT molecular complexity index is 1620. The Balaban J connectivity index is 1.42. The lowest BCUT2D eigenvalue weighted by Crippen LogP contribution is -2.35. The van der Waals surface area contributed by atoms with Crippen molar-refractivity contribution in [2.45, 2.75) is 57.7 Å². The van der Waals surface area contributed by atoms with Gasteiger partial charge in [0.15, 0.2) is 28.8 Å². The zero-order valence-corrected chi connectivity index (χ0v) is 22.6. The van der Waals surface area contributed by atoms with E-state index < -0.39 is 38.8 Å². The van der Waals surface area contributed by atoms with Gasteiger partial charge in [0.25, 0.3) is 10.0 Å². The number of ether oxygens (including phenoxy) is 1. The number of rotatable bonds is 7. The van der Waals surface area contributed by atoms with Crippen LogP contribution in [0.25, 0.3) is 0 Å². The summed E-state index contributed by atoms with van der Waals surface area (Å²) in [7, 11) is -3.85. The lowest BCUT2D eigenvalue weighted by Gasteiger charge is -2.30. The van der Waals surface area contributed by atoms with Gasteiger partial charge in [0.2, 0.25) is 5.95 Å². The number of nitrogens with zero attached hydrogens (tertiary/aromatic N) is 6. The van der Waals surface area contributed by atoms with Crippen LogP contribution in [0.15, 0.2) is 47.5 Å². The molecule has 2 aromatic carbocycles. The zero-order valence-electron chi connectivity index (χ0n) is 21.8. The van der Waals surface area contributed by atoms with Gasteiger partial charge in [-0.2, -0.15) is 17.6 Å². The second-order valence-corrected chi connectivity index (χ2v) is 11.6. The largest absolute Gasteiger partial charge is 0.474 e. The first kappa shape index (κ1) is 26.7. The predicted molar refractivity (Wildman–Crippen MR) is 136 cm³/mol. The molecular weight excluding hydrogens is 533 g/mol. The number of aromatic nitrogens is 5. The number of anilines is 1. The summed E-state index contributed by atoms with van der Waals surface area (Å²) in [5, 5.41) is 12.8. The first-order chi connectivity index (χ1) is 18.4. The molecule has 0 fully saturated rings. The zero-order chi connectivity index (χ0) is 28.1. The SMILES string of the molecule is CCn1c(N2CCc3c(cnn3S(=O)(=O)c3ccc(C)cc3)C2)nnc1C(C)(C)Oc1c(F)cc(F)cc1F. The molecule has 39 heavy (non-hydrogen) atoms. The van der Waals surface area contributed by atoms with E-state index in [4.69, 9.17) is 4.74 Å². The molecule has 1 aliphatic heterocycles. The van der Waals surface area contributed by atoms with Crippen LogP contribution in [-0.4, -0.2) is 38.9 Å². The molecule has 4 aromatic rings. The van der Waals surface area contributed by atoms with Gasteiger partial charge in [-0.15, -0.1) is 10.2 Å². The summed E-state index contributed by atoms with van der Waals surface area (Å²) in [6, 6.07) is 7.71. The first-order valence-electron chi connectivity index (χ1n) is 12.3. The summed E-state index contributed by atoms with van der Waals surface area (Å²) in [6.07, 6.45) is 1.92. The summed E-state index contributed by atoms with van der Waals surface area (Å²) in [5.41, 5.74) is 0.956. The topological polar surface area (TPSA) is 95.1 Å². The molecule has 0 spiro atoms. The van der Waals surface area contributed by atoms with E-state index in [1.54, 1.807) is 42.7 Å². The van der Waals surface area contributed by atoms with Gasteiger partial charge in [-0.25, -0.2) is 13.2 Å². The molecule has 3 heterocycles. The van der Waals surface area contributed by atoms with Crippen LogP contribution in [0.1, 0.15) is 43.4 Å². The van der Waals surface area contributed by atoms with Crippen molar-refractivity contribution in [3.8, 4) is 5.75 Å². The van der Waals surface area contributed by atoms with Crippen molar-refractivity contribution in [3.05, 3.63) is 82.7 Å². The Kier molecular flexibility index (Phi) is 6.65. The number of hydrogen-bond donors (Lipinski definition) is 0. The molecular formula is C26H27F3N6O3S. The van der Waals surface area contributed by atoms with Crippen LogP contribution >= 0.6 is 0 Å².